The lowest BCUT2D eigenvalue weighted by atomic mass is 9.86. The summed E-state index contributed by atoms with van der Waals surface area (Å²) in [6, 6.07) is 18.9. The van der Waals surface area contributed by atoms with Crippen LogP contribution in [0.4, 0.5) is 11.8 Å². The Morgan fingerprint density at radius 3 is 2.35 bits per heavy atom. The monoisotopic (exact) mass is 414 g/mol. The maximum atomic E-state index is 6.29. The van der Waals surface area contributed by atoms with E-state index in [1.165, 1.54) is 16.3 Å². The molecule has 1 aliphatic heterocycles. The molecule has 0 saturated carbocycles. The molecule has 0 radical (unpaired) electrons. The second kappa shape index (κ2) is 7.95. The van der Waals surface area contributed by atoms with Crippen molar-refractivity contribution >= 4 is 33.4 Å². The Kier molecular flexibility index (Phi) is 4.98. The van der Waals surface area contributed by atoms with Gasteiger partial charge in [-0.2, -0.15) is 4.98 Å². The van der Waals surface area contributed by atoms with Crippen molar-refractivity contribution in [3.8, 4) is 11.5 Å². The highest BCUT2D eigenvalue weighted by atomic mass is 16.5. The molecular weight excluding hydrogens is 388 g/mol. The summed E-state index contributed by atoms with van der Waals surface area (Å²) in [7, 11) is 3.22. The van der Waals surface area contributed by atoms with Crippen LogP contribution in [0.15, 0.2) is 54.6 Å². The lowest BCUT2D eigenvalue weighted by Gasteiger charge is -2.33. The highest BCUT2D eigenvalue weighted by Crippen LogP contribution is 2.36. The maximum absolute atomic E-state index is 6.29. The number of rotatable bonds is 4. The molecule has 6 heteroatoms. The molecule has 0 aliphatic carbocycles. The number of fused-ring (bicyclic) bond motifs is 2. The van der Waals surface area contributed by atoms with E-state index in [1.807, 2.05) is 12.1 Å². The summed E-state index contributed by atoms with van der Waals surface area (Å²) >= 11 is 0. The topological polar surface area (TPSA) is 73.5 Å². The van der Waals surface area contributed by atoms with Gasteiger partial charge in [-0.3, -0.25) is 0 Å². The first-order chi connectivity index (χ1) is 15.2. The number of nitrogens with zero attached hydrogens (tertiary/aromatic N) is 3. The molecular formula is C25H26N4O2. The summed E-state index contributed by atoms with van der Waals surface area (Å²) in [6.07, 6.45) is 2.11. The first kappa shape index (κ1) is 19.4. The molecule has 0 spiro atoms. The molecule has 4 aromatic rings. The van der Waals surface area contributed by atoms with Crippen molar-refractivity contribution in [3.05, 3.63) is 60.2 Å². The average Bonchev–Trinajstić information content (AvgIpc) is 2.83. The van der Waals surface area contributed by atoms with Crippen LogP contribution in [0.1, 0.15) is 24.3 Å². The molecule has 2 N–H and O–H groups in total. The molecule has 1 saturated heterocycles. The van der Waals surface area contributed by atoms with Crippen LogP contribution >= 0.6 is 0 Å². The minimum Gasteiger partial charge on any atom is -0.493 e. The molecule has 158 valence electrons. The molecule has 0 amide bonds. The molecule has 0 bridgehead atoms. The SMILES string of the molecule is COc1cc2nc(N3CCC(c4cccc5ccccc45)CC3)nc(N)c2cc1OC. The number of benzene rings is 3. The molecule has 1 fully saturated rings. The average molecular weight is 415 g/mol. The number of ether oxygens (including phenoxy) is 2. The predicted molar refractivity (Wildman–Crippen MR) is 125 cm³/mol. The van der Waals surface area contributed by atoms with E-state index in [0.29, 0.717) is 29.2 Å². The van der Waals surface area contributed by atoms with Gasteiger partial charge in [-0.15, -0.1) is 0 Å². The van der Waals surface area contributed by atoms with Crippen LogP contribution in [-0.4, -0.2) is 37.3 Å². The Bertz CT molecular complexity index is 1240. The van der Waals surface area contributed by atoms with Crippen LogP contribution in [0.3, 0.4) is 0 Å². The Balaban J connectivity index is 1.41. The quantitative estimate of drug-likeness (QED) is 0.519. The maximum Gasteiger partial charge on any atom is 0.227 e. The Morgan fingerprint density at radius 2 is 1.58 bits per heavy atom. The molecule has 5 rings (SSSR count). The summed E-state index contributed by atoms with van der Waals surface area (Å²) in [5, 5.41) is 3.43. The van der Waals surface area contributed by atoms with Gasteiger partial charge in [0.15, 0.2) is 11.5 Å². The predicted octanol–water partition coefficient (Wildman–Crippen LogP) is 4.77. The van der Waals surface area contributed by atoms with E-state index >= 15 is 0 Å². The smallest absolute Gasteiger partial charge is 0.227 e. The van der Waals surface area contributed by atoms with Gasteiger partial charge in [0.25, 0.3) is 0 Å². The minimum absolute atomic E-state index is 0.456. The number of anilines is 2. The number of hydrogen-bond donors (Lipinski definition) is 1. The number of hydrogen-bond acceptors (Lipinski definition) is 6. The van der Waals surface area contributed by atoms with E-state index in [0.717, 1.165) is 36.8 Å². The number of nitrogens with two attached hydrogens (primary N) is 1. The van der Waals surface area contributed by atoms with Crippen molar-refractivity contribution in [1.29, 1.82) is 0 Å². The minimum atomic E-state index is 0.456. The number of aromatic nitrogens is 2. The van der Waals surface area contributed by atoms with Crippen molar-refractivity contribution < 1.29 is 9.47 Å². The van der Waals surface area contributed by atoms with Crippen molar-refractivity contribution in [2.75, 3.05) is 37.9 Å². The van der Waals surface area contributed by atoms with Gasteiger partial charge in [-0.25, -0.2) is 4.98 Å². The highest BCUT2D eigenvalue weighted by Gasteiger charge is 2.24. The molecule has 0 unspecified atom stereocenters. The van der Waals surface area contributed by atoms with Crippen molar-refractivity contribution in [2.45, 2.75) is 18.8 Å². The number of piperidine rings is 1. The fraction of sp³-hybridized carbons (Fsp3) is 0.280. The van der Waals surface area contributed by atoms with Crippen LogP contribution in [0.25, 0.3) is 21.7 Å². The van der Waals surface area contributed by atoms with Gasteiger partial charge < -0.3 is 20.1 Å². The van der Waals surface area contributed by atoms with Crippen LogP contribution < -0.4 is 20.1 Å². The molecule has 2 heterocycles. The molecule has 3 aromatic carbocycles. The summed E-state index contributed by atoms with van der Waals surface area (Å²) in [4.78, 5) is 11.6. The molecule has 6 nitrogen and oxygen atoms in total. The van der Waals surface area contributed by atoms with E-state index in [1.54, 1.807) is 14.2 Å². The van der Waals surface area contributed by atoms with Crippen molar-refractivity contribution in [1.82, 2.24) is 9.97 Å². The van der Waals surface area contributed by atoms with Crippen molar-refractivity contribution in [3.63, 3.8) is 0 Å². The lowest BCUT2D eigenvalue weighted by molar-refractivity contribution is 0.356. The first-order valence-electron chi connectivity index (χ1n) is 10.6. The first-order valence-corrected chi connectivity index (χ1v) is 10.6. The zero-order valence-electron chi connectivity index (χ0n) is 17.8. The molecule has 1 aliphatic rings. The van der Waals surface area contributed by atoms with E-state index in [4.69, 9.17) is 20.2 Å². The number of methoxy groups -OCH3 is 2. The third-order valence-electron chi connectivity index (χ3n) is 6.26. The van der Waals surface area contributed by atoms with Crippen LogP contribution in [0.2, 0.25) is 0 Å². The molecule has 1 aromatic heterocycles. The second-order valence-corrected chi connectivity index (χ2v) is 7.96. The fourth-order valence-corrected chi connectivity index (χ4v) is 4.60. The summed E-state index contributed by atoms with van der Waals surface area (Å²) in [6.45, 7) is 1.79. The summed E-state index contributed by atoms with van der Waals surface area (Å²) in [5.74, 6) is 2.91. The van der Waals surface area contributed by atoms with Gasteiger partial charge in [-0.1, -0.05) is 42.5 Å². The standard InChI is InChI=1S/C25H26N4O2/c1-30-22-14-20-21(15-23(22)31-2)27-25(28-24(20)26)29-12-10-17(11-13-29)19-9-5-7-16-6-3-4-8-18(16)19/h3-9,14-15,17H,10-13H2,1-2H3,(H2,26,27,28). The van der Waals surface area contributed by atoms with Gasteiger partial charge in [0, 0.05) is 24.5 Å². The second-order valence-electron chi connectivity index (χ2n) is 7.96. The van der Waals surface area contributed by atoms with E-state index < -0.39 is 0 Å². The highest BCUT2D eigenvalue weighted by molar-refractivity contribution is 5.92. The van der Waals surface area contributed by atoms with Gasteiger partial charge in [0.1, 0.15) is 5.82 Å². The van der Waals surface area contributed by atoms with Gasteiger partial charge in [-0.05, 0) is 41.2 Å². The normalized spacial score (nSPS) is 14.8. The van der Waals surface area contributed by atoms with E-state index in [-0.39, 0.29) is 0 Å². The number of nitrogen functional groups attached to an aromatic ring is 1. The summed E-state index contributed by atoms with van der Waals surface area (Å²) < 4.78 is 10.8. The van der Waals surface area contributed by atoms with Gasteiger partial charge in [0.05, 0.1) is 19.7 Å². The summed E-state index contributed by atoms with van der Waals surface area (Å²) in [5.41, 5.74) is 8.48. The zero-order chi connectivity index (χ0) is 21.4. The Hall–Kier alpha value is -3.54. The van der Waals surface area contributed by atoms with Crippen LogP contribution in [0, 0.1) is 0 Å². The lowest BCUT2D eigenvalue weighted by Crippen LogP contribution is -2.34. The van der Waals surface area contributed by atoms with E-state index in [2.05, 4.69) is 52.3 Å². The fourth-order valence-electron chi connectivity index (χ4n) is 4.60. The van der Waals surface area contributed by atoms with Crippen LogP contribution in [0.5, 0.6) is 11.5 Å². The van der Waals surface area contributed by atoms with Gasteiger partial charge in [0.2, 0.25) is 5.95 Å². The molecule has 0 atom stereocenters. The third kappa shape index (κ3) is 3.48. The Labute approximate surface area is 181 Å². The zero-order valence-corrected chi connectivity index (χ0v) is 17.8. The van der Waals surface area contributed by atoms with Crippen LogP contribution in [-0.2, 0) is 0 Å². The Morgan fingerprint density at radius 1 is 0.871 bits per heavy atom. The third-order valence-corrected chi connectivity index (χ3v) is 6.26. The van der Waals surface area contributed by atoms with E-state index in [9.17, 15) is 0 Å². The largest absolute Gasteiger partial charge is 0.493 e. The van der Waals surface area contributed by atoms with Gasteiger partial charge >= 0.3 is 0 Å². The molecule has 31 heavy (non-hydrogen) atoms. The van der Waals surface area contributed by atoms with Crippen molar-refractivity contribution in [2.24, 2.45) is 0 Å².